The molecule has 6 heteroatoms. The summed E-state index contributed by atoms with van der Waals surface area (Å²) in [6, 6.07) is 8.06. The number of halogens is 3. The van der Waals surface area contributed by atoms with Crippen LogP contribution in [-0.2, 0) is 0 Å². The van der Waals surface area contributed by atoms with Gasteiger partial charge in [-0.25, -0.2) is 0 Å². The summed E-state index contributed by atoms with van der Waals surface area (Å²) in [4.78, 5) is 2.28. The number of benzene rings is 1. The first kappa shape index (κ1) is 16.2. The highest BCUT2D eigenvalue weighted by atomic mass is 32.2. The Labute approximate surface area is 126 Å². The summed E-state index contributed by atoms with van der Waals surface area (Å²) < 4.78 is 36.9. The maximum absolute atomic E-state index is 12.3. The second-order valence-corrected chi connectivity index (χ2v) is 6.24. The minimum atomic E-state index is -4.28. The average molecular weight is 314 g/mol. The van der Waals surface area contributed by atoms with Gasteiger partial charge in [0, 0.05) is 4.90 Å². The first-order valence-corrected chi connectivity index (χ1v) is 7.80. The van der Waals surface area contributed by atoms with Gasteiger partial charge < -0.3 is 0 Å². The molecule has 1 aliphatic rings. The molecule has 0 bridgehead atoms. The van der Waals surface area contributed by atoms with Crippen molar-refractivity contribution in [3.63, 3.8) is 0 Å². The molecule has 1 atom stereocenters. The number of nitrogens with zero attached hydrogens (tertiary/aromatic N) is 2. The maximum Gasteiger partial charge on any atom is 0.446 e. The fourth-order valence-corrected chi connectivity index (χ4v) is 3.11. The Balaban J connectivity index is 2.09. The van der Waals surface area contributed by atoms with Gasteiger partial charge in [0.25, 0.3) is 0 Å². The second kappa shape index (κ2) is 7.19. The minimum Gasteiger partial charge on any atom is -0.284 e. The molecule has 0 N–H and O–H groups in total. The molecule has 2 nitrogen and oxygen atoms in total. The van der Waals surface area contributed by atoms with Crippen LogP contribution in [-0.4, -0.2) is 23.5 Å². The fraction of sp³-hybridized carbons (Fsp3) is 0.533. The summed E-state index contributed by atoms with van der Waals surface area (Å²) >= 11 is -0.129. The molecule has 21 heavy (non-hydrogen) atoms. The van der Waals surface area contributed by atoms with Crippen molar-refractivity contribution in [3.8, 4) is 6.07 Å². The van der Waals surface area contributed by atoms with E-state index in [0.717, 1.165) is 31.5 Å². The van der Waals surface area contributed by atoms with Crippen molar-refractivity contribution >= 4 is 11.8 Å². The molecule has 1 aliphatic heterocycles. The standard InChI is InChI=1S/C15H17F3N2S/c16-15(17,18)21-13-7-5-12(6-8-13)14(11-19)20-9-3-1-2-4-10-20/h5-8,14H,1-4,9-10H2. The van der Waals surface area contributed by atoms with E-state index >= 15 is 0 Å². The predicted molar refractivity (Wildman–Crippen MR) is 76.7 cm³/mol. The summed E-state index contributed by atoms with van der Waals surface area (Å²) in [5.41, 5.74) is -3.51. The average Bonchev–Trinajstić information content (AvgIpc) is 2.69. The molecule has 2 rings (SSSR count). The quantitative estimate of drug-likeness (QED) is 0.754. The molecule has 1 fully saturated rings. The molecule has 1 heterocycles. The van der Waals surface area contributed by atoms with Crippen LogP contribution in [0.4, 0.5) is 13.2 Å². The van der Waals surface area contributed by atoms with Crippen LogP contribution in [0.3, 0.4) is 0 Å². The molecular formula is C15H17F3N2S. The SMILES string of the molecule is N#CC(c1ccc(SC(F)(F)F)cc1)N1CCCCCC1. The summed E-state index contributed by atoms with van der Waals surface area (Å²) in [5.74, 6) is 0. The molecule has 1 saturated heterocycles. The van der Waals surface area contributed by atoms with Gasteiger partial charge in [-0.2, -0.15) is 18.4 Å². The maximum atomic E-state index is 12.3. The Morgan fingerprint density at radius 1 is 1.05 bits per heavy atom. The lowest BCUT2D eigenvalue weighted by Gasteiger charge is -2.25. The minimum absolute atomic E-state index is 0.129. The smallest absolute Gasteiger partial charge is 0.284 e. The van der Waals surface area contributed by atoms with Crippen molar-refractivity contribution in [2.24, 2.45) is 0 Å². The van der Waals surface area contributed by atoms with E-state index in [2.05, 4.69) is 11.0 Å². The van der Waals surface area contributed by atoms with Crippen LogP contribution in [0.2, 0.25) is 0 Å². The predicted octanol–water partition coefficient (Wildman–Crippen LogP) is 4.74. The Morgan fingerprint density at radius 2 is 1.62 bits per heavy atom. The largest absolute Gasteiger partial charge is 0.446 e. The van der Waals surface area contributed by atoms with Gasteiger partial charge in [-0.15, -0.1) is 0 Å². The number of alkyl halides is 3. The highest BCUT2D eigenvalue weighted by Crippen LogP contribution is 2.37. The Hall–Kier alpha value is -1.19. The van der Waals surface area contributed by atoms with E-state index in [1.54, 1.807) is 12.1 Å². The van der Waals surface area contributed by atoms with Gasteiger partial charge in [0.15, 0.2) is 0 Å². The van der Waals surface area contributed by atoms with Gasteiger partial charge in [0.1, 0.15) is 6.04 Å². The highest BCUT2D eigenvalue weighted by molar-refractivity contribution is 8.00. The highest BCUT2D eigenvalue weighted by Gasteiger charge is 2.29. The van der Waals surface area contributed by atoms with E-state index in [9.17, 15) is 18.4 Å². The first-order valence-electron chi connectivity index (χ1n) is 6.99. The third-order valence-corrected chi connectivity index (χ3v) is 4.30. The number of hydrogen-bond donors (Lipinski definition) is 0. The molecule has 1 unspecified atom stereocenters. The molecule has 0 amide bonds. The van der Waals surface area contributed by atoms with Crippen molar-refractivity contribution in [1.29, 1.82) is 5.26 Å². The fourth-order valence-electron chi connectivity index (χ4n) is 2.57. The molecule has 0 aromatic heterocycles. The van der Waals surface area contributed by atoms with E-state index in [-0.39, 0.29) is 22.7 Å². The van der Waals surface area contributed by atoms with Crippen LogP contribution in [0.5, 0.6) is 0 Å². The van der Waals surface area contributed by atoms with E-state index in [1.807, 2.05) is 0 Å². The normalized spacial score (nSPS) is 18.8. The lowest BCUT2D eigenvalue weighted by Crippen LogP contribution is -2.28. The zero-order valence-corrected chi connectivity index (χ0v) is 12.4. The number of nitriles is 1. The van der Waals surface area contributed by atoms with Crippen molar-refractivity contribution in [1.82, 2.24) is 4.90 Å². The third-order valence-electron chi connectivity index (χ3n) is 3.56. The molecule has 0 saturated carbocycles. The van der Waals surface area contributed by atoms with E-state index in [4.69, 9.17) is 0 Å². The lowest BCUT2D eigenvalue weighted by molar-refractivity contribution is -0.0328. The van der Waals surface area contributed by atoms with E-state index in [0.29, 0.717) is 0 Å². The number of likely N-dealkylation sites (tertiary alicyclic amines) is 1. The molecular weight excluding hydrogens is 297 g/mol. The number of rotatable bonds is 3. The number of thioether (sulfide) groups is 1. The van der Waals surface area contributed by atoms with Crippen molar-refractivity contribution in [3.05, 3.63) is 29.8 Å². The number of hydrogen-bond acceptors (Lipinski definition) is 3. The van der Waals surface area contributed by atoms with Crippen molar-refractivity contribution < 1.29 is 13.2 Å². The second-order valence-electron chi connectivity index (χ2n) is 5.10. The summed E-state index contributed by atoms with van der Waals surface area (Å²) in [5, 5.41) is 9.40. The van der Waals surface area contributed by atoms with Crippen LogP contribution in [0, 0.1) is 11.3 Å². The van der Waals surface area contributed by atoms with Crippen LogP contribution in [0.1, 0.15) is 37.3 Å². The molecule has 114 valence electrons. The topological polar surface area (TPSA) is 27.0 Å². The molecule has 0 aliphatic carbocycles. The zero-order valence-electron chi connectivity index (χ0n) is 11.6. The van der Waals surface area contributed by atoms with Crippen molar-refractivity contribution in [2.45, 2.75) is 42.1 Å². The van der Waals surface area contributed by atoms with Crippen molar-refractivity contribution in [2.75, 3.05) is 13.1 Å². The monoisotopic (exact) mass is 314 g/mol. The summed E-state index contributed by atoms with van der Waals surface area (Å²) in [7, 11) is 0. The third kappa shape index (κ3) is 4.94. The lowest BCUT2D eigenvalue weighted by atomic mass is 10.1. The molecule has 0 radical (unpaired) electrons. The zero-order chi connectivity index (χ0) is 15.3. The van der Waals surface area contributed by atoms with Gasteiger partial charge in [0.2, 0.25) is 0 Å². The van der Waals surface area contributed by atoms with Gasteiger partial charge >= 0.3 is 5.51 Å². The van der Waals surface area contributed by atoms with Crippen LogP contribution in [0.15, 0.2) is 29.2 Å². The van der Waals surface area contributed by atoms with E-state index < -0.39 is 5.51 Å². The van der Waals surface area contributed by atoms with Crippen LogP contribution in [0.25, 0.3) is 0 Å². The van der Waals surface area contributed by atoms with Gasteiger partial charge in [-0.05, 0) is 55.4 Å². The summed E-state index contributed by atoms with van der Waals surface area (Å²) in [6.07, 6.45) is 4.49. The molecule has 1 aromatic rings. The van der Waals surface area contributed by atoms with Gasteiger partial charge in [0.05, 0.1) is 6.07 Å². The Bertz CT molecular complexity index is 485. The molecule has 1 aromatic carbocycles. The van der Waals surface area contributed by atoms with Crippen LogP contribution >= 0.6 is 11.8 Å². The summed E-state index contributed by atoms with van der Waals surface area (Å²) in [6.45, 7) is 1.74. The Kier molecular flexibility index (Phi) is 5.54. The Morgan fingerprint density at radius 3 is 2.10 bits per heavy atom. The molecule has 0 spiro atoms. The van der Waals surface area contributed by atoms with Gasteiger partial charge in [-0.3, -0.25) is 4.90 Å². The van der Waals surface area contributed by atoms with Crippen LogP contribution < -0.4 is 0 Å². The first-order chi connectivity index (χ1) is 9.99. The van der Waals surface area contributed by atoms with Gasteiger partial charge in [-0.1, -0.05) is 25.0 Å². The van der Waals surface area contributed by atoms with E-state index in [1.165, 1.54) is 25.0 Å².